The lowest BCUT2D eigenvalue weighted by Gasteiger charge is -1.95. The van der Waals surface area contributed by atoms with Gasteiger partial charge in [0.2, 0.25) is 0 Å². The van der Waals surface area contributed by atoms with E-state index < -0.39 is 0 Å². The smallest absolute Gasteiger partial charge is 0.157 e. The van der Waals surface area contributed by atoms with Crippen molar-refractivity contribution < 1.29 is 0 Å². The topological polar surface area (TPSA) is 67.6 Å². The standard InChI is InChI=1S/C9H12N4/c1-5(2)8-12-7-3-6(10)4-11-9(7)13-8/h3-5H,10H2,1-2H3,(H,11,12,13). The van der Waals surface area contributed by atoms with Gasteiger partial charge >= 0.3 is 0 Å². The number of anilines is 1. The molecule has 0 radical (unpaired) electrons. The molecule has 0 amide bonds. The highest BCUT2D eigenvalue weighted by molar-refractivity contribution is 5.74. The van der Waals surface area contributed by atoms with Gasteiger partial charge in [-0.25, -0.2) is 9.97 Å². The lowest BCUT2D eigenvalue weighted by Crippen LogP contribution is -1.88. The van der Waals surface area contributed by atoms with Crippen LogP contribution in [0.4, 0.5) is 5.69 Å². The predicted molar refractivity (Wildman–Crippen MR) is 52.4 cm³/mol. The van der Waals surface area contributed by atoms with Gasteiger partial charge in [0.1, 0.15) is 11.3 Å². The summed E-state index contributed by atoms with van der Waals surface area (Å²) in [4.78, 5) is 11.7. The molecule has 0 aromatic carbocycles. The summed E-state index contributed by atoms with van der Waals surface area (Å²) in [5.74, 6) is 1.34. The minimum atomic E-state index is 0.385. The fourth-order valence-electron chi connectivity index (χ4n) is 1.20. The number of nitrogen functional groups attached to an aromatic ring is 1. The minimum Gasteiger partial charge on any atom is -0.397 e. The second-order valence-corrected chi connectivity index (χ2v) is 3.41. The molecule has 0 saturated heterocycles. The number of rotatable bonds is 1. The molecule has 2 rings (SSSR count). The summed E-state index contributed by atoms with van der Waals surface area (Å²) < 4.78 is 0. The van der Waals surface area contributed by atoms with E-state index in [0.717, 1.165) is 17.0 Å². The SMILES string of the molecule is CC(C)c1nc2cc(N)cnc2[nH]1. The lowest BCUT2D eigenvalue weighted by molar-refractivity contribution is 0.798. The van der Waals surface area contributed by atoms with Crippen molar-refractivity contribution in [3.8, 4) is 0 Å². The van der Waals surface area contributed by atoms with Crippen LogP contribution in [0.15, 0.2) is 12.3 Å². The van der Waals surface area contributed by atoms with Crippen molar-refractivity contribution in [3.05, 3.63) is 18.1 Å². The highest BCUT2D eigenvalue weighted by Crippen LogP contribution is 2.16. The predicted octanol–water partition coefficient (Wildman–Crippen LogP) is 1.66. The van der Waals surface area contributed by atoms with Crippen molar-refractivity contribution >= 4 is 16.9 Å². The Morgan fingerprint density at radius 2 is 2.23 bits per heavy atom. The number of nitrogens with zero attached hydrogens (tertiary/aromatic N) is 2. The maximum absolute atomic E-state index is 5.59. The Balaban J connectivity index is 2.62. The summed E-state index contributed by atoms with van der Waals surface area (Å²) in [7, 11) is 0. The molecule has 0 aliphatic heterocycles. The maximum atomic E-state index is 5.59. The molecule has 68 valence electrons. The van der Waals surface area contributed by atoms with Gasteiger partial charge in [0.15, 0.2) is 5.65 Å². The number of nitrogens with one attached hydrogen (secondary N) is 1. The number of H-pyrrole nitrogens is 1. The van der Waals surface area contributed by atoms with E-state index in [9.17, 15) is 0 Å². The molecule has 2 aromatic heterocycles. The Kier molecular flexibility index (Phi) is 1.69. The Labute approximate surface area is 76.2 Å². The van der Waals surface area contributed by atoms with E-state index in [1.165, 1.54) is 0 Å². The second-order valence-electron chi connectivity index (χ2n) is 3.41. The number of fused-ring (bicyclic) bond motifs is 1. The first-order valence-electron chi connectivity index (χ1n) is 4.28. The maximum Gasteiger partial charge on any atom is 0.157 e. The number of aromatic amines is 1. The van der Waals surface area contributed by atoms with Crippen LogP contribution in [0.2, 0.25) is 0 Å². The summed E-state index contributed by atoms with van der Waals surface area (Å²) in [6.07, 6.45) is 1.63. The van der Waals surface area contributed by atoms with E-state index in [2.05, 4.69) is 28.8 Å². The molecular formula is C9H12N4. The van der Waals surface area contributed by atoms with E-state index >= 15 is 0 Å². The Bertz CT molecular complexity index is 430. The highest BCUT2D eigenvalue weighted by Gasteiger charge is 2.06. The van der Waals surface area contributed by atoms with Gasteiger partial charge in [0.05, 0.1) is 11.9 Å². The molecule has 4 heteroatoms. The molecule has 0 spiro atoms. The van der Waals surface area contributed by atoms with Crippen LogP contribution in [0.5, 0.6) is 0 Å². The fourth-order valence-corrected chi connectivity index (χ4v) is 1.20. The van der Waals surface area contributed by atoms with Crippen LogP contribution in [-0.2, 0) is 0 Å². The fraction of sp³-hybridized carbons (Fsp3) is 0.333. The zero-order valence-corrected chi connectivity index (χ0v) is 7.70. The average molecular weight is 176 g/mol. The summed E-state index contributed by atoms with van der Waals surface area (Å²) in [6.45, 7) is 4.17. The van der Waals surface area contributed by atoms with Gasteiger partial charge in [-0.3, -0.25) is 0 Å². The average Bonchev–Trinajstić information content (AvgIpc) is 2.46. The van der Waals surface area contributed by atoms with Crippen LogP contribution in [0.3, 0.4) is 0 Å². The summed E-state index contributed by atoms with van der Waals surface area (Å²) >= 11 is 0. The van der Waals surface area contributed by atoms with Gasteiger partial charge in [-0.2, -0.15) is 0 Å². The molecule has 0 fully saturated rings. The number of imidazole rings is 1. The van der Waals surface area contributed by atoms with Gasteiger partial charge in [-0.05, 0) is 6.07 Å². The van der Waals surface area contributed by atoms with Crippen LogP contribution in [-0.4, -0.2) is 15.0 Å². The first kappa shape index (κ1) is 8.04. The van der Waals surface area contributed by atoms with Crippen molar-refractivity contribution in [2.45, 2.75) is 19.8 Å². The number of hydrogen-bond acceptors (Lipinski definition) is 3. The van der Waals surface area contributed by atoms with Gasteiger partial charge in [0.25, 0.3) is 0 Å². The van der Waals surface area contributed by atoms with E-state index in [0.29, 0.717) is 11.6 Å². The number of aromatic nitrogens is 3. The van der Waals surface area contributed by atoms with Crippen molar-refractivity contribution in [1.82, 2.24) is 15.0 Å². The number of nitrogens with two attached hydrogens (primary N) is 1. The van der Waals surface area contributed by atoms with Crippen molar-refractivity contribution in [3.63, 3.8) is 0 Å². The van der Waals surface area contributed by atoms with E-state index in [1.807, 2.05) is 6.07 Å². The molecule has 3 N–H and O–H groups in total. The first-order chi connectivity index (χ1) is 6.16. The molecule has 0 unspecified atom stereocenters. The van der Waals surface area contributed by atoms with Crippen molar-refractivity contribution in [1.29, 1.82) is 0 Å². The third kappa shape index (κ3) is 1.35. The van der Waals surface area contributed by atoms with Gasteiger partial charge < -0.3 is 10.7 Å². The van der Waals surface area contributed by atoms with Crippen molar-refractivity contribution in [2.75, 3.05) is 5.73 Å². The molecular weight excluding hydrogens is 164 g/mol. The summed E-state index contributed by atoms with van der Waals surface area (Å²) in [5, 5.41) is 0. The van der Waals surface area contributed by atoms with Crippen LogP contribution in [0.25, 0.3) is 11.2 Å². The van der Waals surface area contributed by atoms with E-state index in [-0.39, 0.29) is 0 Å². The molecule has 2 heterocycles. The molecule has 0 saturated carbocycles. The molecule has 0 bridgehead atoms. The quantitative estimate of drug-likeness (QED) is 0.694. The largest absolute Gasteiger partial charge is 0.397 e. The van der Waals surface area contributed by atoms with Crippen LogP contribution >= 0.6 is 0 Å². The third-order valence-electron chi connectivity index (χ3n) is 1.92. The first-order valence-corrected chi connectivity index (χ1v) is 4.28. The van der Waals surface area contributed by atoms with Gasteiger partial charge in [0, 0.05) is 5.92 Å². The molecule has 0 aliphatic rings. The van der Waals surface area contributed by atoms with Crippen LogP contribution < -0.4 is 5.73 Å². The van der Waals surface area contributed by atoms with Crippen LogP contribution in [0.1, 0.15) is 25.6 Å². The minimum absolute atomic E-state index is 0.385. The normalized spacial score (nSPS) is 11.3. The Morgan fingerprint density at radius 1 is 1.46 bits per heavy atom. The number of hydrogen-bond donors (Lipinski definition) is 2. The third-order valence-corrected chi connectivity index (χ3v) is 1.92. The van der Waals surface area contributed by atoms with Crippen LogP contribution in [0, 0.1) is 0 Å². The second kappa shape index (κ2) is 2.73. The molecule has 0 aliphatic carbocycles. The zero-order valence-electron chi connectivity index (χ0n) is 7.70. The molecule has 4 nitrogen and oxygen atoms in total. The molecule has 0 atom stereocenters. The van der Waals surface area contributed by atoms with Crippen molar-refractivity contribution in [2.24, 2.45) is 0 Å². The van der Waals surface area contributed by atoms with Gasteiger partial charge in [-0.15, -0.1) is 0 Å². The highest BCUT2D eigenvalue weighted by atomic mass is 15.0. The molecule has 2 aromatic rings. The number of pyridine rings is 1. The summed E-state index contributed by atoms with van der Waals surface area (Å²) in [6, 6.07) is 1.82. The Hall–Kier alpha value is -1.58. The Morgan fingerprint density at radius 3 is 2.92 bits per heavy atom. The van der Waals surface area contributed by atoms with E-state index in [4.69, 9.17) is 5.73 Å². The van der Waals surface area contributed by atoms with Gasteiger partial charge in [-0.1, -0.05) is 13.8 Å². The monoisotopic (exact) mass is 176 g/mol. The zero-order chi connectivity index (χ0) is 9.42. The summed E-state index contributed by atoms with van der Waals surface area (Å²) in [5.41, 5.74) is 7.88. The lowest BCUT2D eigenvalue weighted by atomic mass is 10.2. The van der Waals surface area contributed by atoms with E-state index in [1.54, 1.807) is 6.20 Å². The molecule has 13 heavy (non-hydrogen) atoms.